The maximum atomic E-state index is 13.4. The van der Waals surface area contributed by atoms with Crippen LogP contribution in [0, 0.1) is 0 Å². The van der Waals surface area contributed by atoms with Gasteiger partial charge in [-0.25, -0.2) is 4.39 Å². The summed E-state index contributed by atoms with van der Waals surface area (Å²) in [5, 5.41) is 13.0. The molecule has 0 amide bonds. The van der Waals surface area contributed by atoms with Crippen LogP contribution in [-0.4, -0.2) is 42.9 Å². The lowest BCUT2D eigenvalue weighted by Gasteiger charge is -2.34. The number of rotatable bonds is 3. The first kappa shape index (κ1) is 16.5. The number of hydrogen-bond donors (Lipinski definition) is 2. The molecule has 8 heteroatoms. The van der Waals surface area contributed by atoms with E-state index in [0.29, 0.717) is 26.2 Å². The molecular weight excluding hydrogens is 356 g/mol. The van der Waals surface area contributed by atoms with Gasteiger partial charge in [0.15, 0.2) is 0 Å². The van der Waals surface area contributed by atoms with E-state index in [9.17, 15) is 22.7 Å². The fourth-order valence-electron chi connectivity index (χ4n) is 2.46. The summed E-state index contributed by atoms with van der Waals surface area (Å²) in [6.45, 7) is 1.44. The molecule has 1 aliphatic heterocycles. The number of aromatic hydroxyl groups is 1. The van der Waals surface area contributed by atoms with E-state index in [1.165, 1.54) is 6.07 Å². The van der Waals surface area contributed by atoms with E-state index in [4.69, 9.17) is 0 Å². The Morgan fingerprint density at radius 1 is 1.29 bits per heavy atom. The molecule has 21 heavy (non-hydrogen) atoms. The summed E-state index contributed by atoms with van der Waals surface area (Å²) in [5.41, 5.74) is -1.19. The number of phenolic OH excluding ortho intramolecular Hbond substituents is 1. The van der Waals surface area contributed by atoms with Crippen molar-refractivity contribution in [3.8, 4) is 5.75 Å². The van der Waals surface area contributed by atoms with Crippen LogP contribution in [0.2, 0.25) is 0 Å². The molecule has 0 bridgehead atoms. The number of benzene rings is 1. The summed E-state index contributed by atoms with van der Waals surface area (Å²) < 4.78 is 52.3. The minimum Gasteiger partial charge on any atom is -0.507 e. The van der Waals surface area contributed by atoms with Gasteiger partial charge >= 0.3 is 6.18 Å². The number of nitrogens with one attached hydrogen (secondary N) is 1. The number of alkyl halides is 4. The molecule has 1 heterocycles. The molecule has 3 nitrogen and oxygen atoms in total. The van der Waals surface area contributed by atoms with Crippen molar-refractivity contribution in [3.63, 3.8) is 0 Å². The third-order valence-corrected chi connectivity index (χ3v) is 3.96. The summed E-state index contributed by atoms with van der Waals surface area (Å²) in [4.78, 5) is 1.73. The van der Waals surface area contributed by atoms with Gasteiger partial charge in [-0.3, -0.25) is 4.90 Å². The molecule has 0 saturated carbocycles. The van der Waals surface area contributed by atoms with E-state index in [0.717, 1.165) is 6.07 Å². The smallest absolute Gasteiger partial charge is 0.420 e. The Kier molecular flexibility index (Phi) is 5.11. The quantitative estimate of drug-likeness (QED) is 0.802. The number of nitrogens with zero attached hydrogens (tertiary/aromatic N) is 1. The first-order chi connectivity index (χ1) is 9.84. The highest BCUT2D eigenvalue weighted by Crippen LogP contribution is 2.42. The molecule has 0 spiro atoms. The molecule has 1 aromatic rings. The van der Waals surface area contributed by atoms with Crippen molar-refractivity contribution in [1.29, 1.82) is 0 Å². The van der Waals surface area contributed by atoms with E-state index < -0.39 is 30.2 Å². The van der Waals surface area contributed by atoms with Crippen LogP contribution in [-0.2, 0) is 6.18 Å². The molecule has 2 N–H and O–H groups in total. The Morgan fingerprint density at radius 3 is 2.43 bits per heavy atom. The maximum Gasteiger partial charge on any atom is 0.420 e. The molecular formula is C13H15BrF4N2O. The summed E-state index contributed by atoms with van der Waals surface area (Å²) in [5.74, 6) is -0.896. The molecule has 0 aliphatic carbocycles. The van der Waals surface area contributed by atoms with Crippen molar-refractivity contribution < 1.29 is 22.7 Å². The lowest BCUT2D eigenvalue weighted by molar-refractivity contribution is -0.138. The maximum absolute atomic E-state index is 13.4. The van der Waals surface area contributed by atoms with Gasteiger partial charge in [-0.1, -0.05) is 15.9 Å². The average molecular weight is 371 g/mol. The molecule has 1 aliphatic rings. The fourth-order valence-corrected chi connectivity index (χ4v) is 2.94. The Hall–Kier alpha value is -0.860. The van der Waals surface area contributed by atoms with E-state index in [-0.39, 0.29) is 10.0 Å². The molecule has 1 atom stereocenters. The second kappa shape index (κ2) is 6.50. The summed E-state index contributed by atoms with van der Waals surface area (Å²) in [6, 6.07) is 1.26. The highest BCUT2D eigenvalue weighted by atomic mass is 79.9. The van der Waals surface area contributed by atoms with Crippen molar-refractivity contribution in [3.05, 3.63) is 27.7 Å². The molecule has 1 saturated heterocycles. The van der Waals surface area contributed by atoms with Crippen LogP contribution >= 0.6 is 15.9 Å². The zero-order valence-electron chi connectivity index (χ0n) is 11.1. The first-order valence-electron chi connectivity index (χ1n) is 6.45. The van der Waals surface area contributed by atoms with Crippen LogP contribution in [0.3, 0.4) is 0 Å². The monoisotopic (exact) mass is 370 g/mol. The van der Waals surface area contributed by atoms with Crippen LogP contribution in [0.25, 0.3) is 0 Å². The Labute approximate surface area is 128 Å². The predicted octanol–water partition coefficient (Wildman–Crippen LogP) is 3.09. The van der Waals surface area contributed by atoms with E-state index in [1.807, 2.05) is 0 Å². The summed E-state index contributed by atoms with van der Waals surface area (Å²) in [7, 11) is 0. The topological polar surface area (TPSA) is 35.5 Å². The summed E-state index contributed by atoms with van der Waals surface area (Å²) in [6.07, 6.45) is -4.69. The summed E-state index contributed by atoms with van der Waals surface area (Å²) >= 11 is 3.00. The standard InChI is InChI=1S/C13H15BrF4N2O/c14-8-5-9(12(21)10(6-8)13(16,17)18)11(7-15)20-3-1-19-2-4-20/h5-6,11,19,21H,1-4,7H2/t11-/m1/s1. The van der Waals surface area contributed by atoms with Crippen LogP contribution in [0.4, 0.5) is 17.6 Å². The molecule has 118 valence electrons. The van der Waals surface area contributed by atoms with Crippen molar-refractivity contribution in [2.45, 2.75) is 12.2 Å². The zero-order valence-corrected chi connectivity index (χ0v) is 12.6. The predicted molar refractivity (Wildman–Crippen MR) is 74.0 cm³/mol. The lowest BCUT2D eigenvalue weighted by atomic mass is 10.0. The third kappa shape index (κ3) is 3.67. The van der Waals surface area contributed by atoms with Crippen LogP contribution < -0.4 is 5.32 Å². The van der Waals surface area contributed by atoms with Gasteiger partial charge < -0.3 is 10.4 Å². The van der Waals surface area contributed by atoms with Crippen LogP contribution in [0.5, 0.6) is 5.75 Å². The highest BCUT2D eigenvalue weighted by molar-refractivity contribution is 9.10. The minimum absolute atomic E-state index is 0.0406. The third-order valence-electron chi connectivity index (χ3n) is 3.51. The molecule has 1 aromatic carbocycles. The Bertz CT molecular complexity index is 504. The van der Waals surface area contributed by atoms with Gasteiger partial charge in [-0.15, -0.1) is 0 Å². The van der Waals surface area contributed by atoms with Crippen molar-refractivity contribution in [2.24, 2.45) is 0 Å². The molecule has 1 fully saturated rings. The molecule has 2 rings (SSSR count). The highest BCUT2D eigenvalue weighted by Gasteiger charge is 2.37. The Balaban J connectivity index is 2.43. The average Bonchev–Trinajstić information content (AvgIpc) is 2.43. The number of halogens is 5. The zero-order chi connectivity index (χ0) is 15.6. The number of phenols is 1. The molecule has 0 aromatic heterocycles. The van der Waals surface area contributed by atoms with Crippen LogP contribution in [0.15, 0.2) is 16.6 Å². The second-order valence-electron chi connectivity index (χ2n) is 4.85. The van der Waals surface area contributed by atoms with Crippen molar-refractivity contribution >= 4 is 15.9 Å². The van der Waals surface area contributed by atoms with Gasteiger partial charge in [-0.05, 0) is 12.1 Å². The van der Waals surface area contributed by atoms with Gasteiger partial charge in [0.2, 0.25) is 0 Å². The van der Waals surface area contributed by atoms with Gasteiger partial charge in [0.25, 0.3) is 0 Å². The molecule has 0 radical (unpaired) electrons. The largest absolute Gasteiger partial charge is 0.507 e. The number of piperazine rings is 1. The van der Waals surface area contributed by atoms with Crippen LogP contribution in [0.1, 0.15) is 17.2 Å². The van der Waals surface area contributed by atoms with E-state index in [2.05, 4.69) is 21.2 Å². The normalized spacial score (nSPS) is 18.7. The van der Waals surface area contributed by atoms with Gasteiger partial charge in [0.1, 0.15) is 12.4 Å². The lowest BCUT2D eigenvalue weighted by Crippen LogP contribution is -2.45. The number of hydrogen-bond acceptors (Lipinski definition) is 3. The fraction of sp³-hybridized carbons (Fsp3) is 0.538. The Morgan fingerprint density at radius 2 is 1.90 bits per heavy atom. The first-order valence-corrected chi connectivity index (χ1v) is 7.24. The molecule has 0 unspecified atom stereocenters. The van der Waals surface area contributed by atoms with Crippen molar-refractivity contribution in [1.82, 2.24) is 10.2 Å². The van der Waals surface area contributed by atoms with Gasteiger partial charge in [-0.2, -0.15) is 13.2 Å². The van der Waals surface area contributed by atoms with Crippen molar-refractivity contribution in [2.75, 3.05) is 32.9 Å². The van der Waals surface area contributed by atoms with Gasteiger partial charge in [0.05, 0.1) is 11.6 Å². The minimum atomic E-state index is -4.69. The SMILES string of the molecule is Oc1c([C@@H](CF)N2CCNCC2)cc(Br)cc1C(F)(F)F. The van der Waals surface area contributed by atoms with E-state index >= 15 is 0 Å². The second-order valence-corrected chi connectivity index (χ2v) is 5.76. The van der Waals surface area contributed by atoms with E-state index in [1.54, 1.807) is 4.90 Å². The van der Waals surface area contributed by atoms with Gasteiger partial charge in [0, 0.05) is 36.2 Å².